The van der Waals surface area contributed by atoms with Gasteiger partial charge in [0.05, 0.1) is 25.2 Å². The Morgan fingerprint density at radius 2 is 2.29 bits per heavy atom. The molecule has 1 amide bonds. The standard InChI is InChI=1S/C16H24N2O3/c1-2-13(12-21-14-6-4-3-5-7-14)18-16(19)10-15-11-17-8-9-20-15/h3-7,13,15,17H,2,8-12H2,1H3,(H,18,19). The van der Waals surface area contributed by atoms with Crippen molar-refractivity contribution < 1.29 is 14.3 Å². The number of carbonyl (C=O) groups is 1. The van der Waals surface area contributed by atoms with Crippen LogP contribution in [0.1, 0.15) is 19.8 Å². The molecule has 2 rings (SSSR count). The molecule has 21 heavy (non-hydrogen) atoms. The number of hydrogen-bond donors (Lipinski definition) is 2. The summed E-state index contributed by atoms with van der Waals surface area (Å²) in [6.07, 6.45) is 1.21. The van der Waals surface area contributed by atoms with Crippen molar-refractivity contribution in [3.8, 4) is 5.75 Å². The van der Waals surface area contributed by atoms with Crippen molar-refractivity contribution in [1.29, 1.82) is 0 Å². The van der Waals surface area contributed by atoms with E-state index in [4.69, 9.17) is 9.47 Å². The number of carbonyl (C=O) groups excluding carboxylic acids is 1. The molecule has 2 unspecified atom stereocenters. The Balaban J connectivity index is 1.72. The second kappa shape index (κ2) is 8.64. The number of hydrogen-bond acceptors (Lipinski definition) is 4. The van der Waals surface area contributed by atoms with E-state index < -0.39 is 0 Å². The molecular weight excluding hydrogens is 268 g/mol. The van der Waals surface area contributed by atoms with Crippen molar-refractivity contribution in [3.63, 3.8) is 0 Å². The molecule has 1 fully saturated rings. The quantitative estimate of drug-likeness (QED) is 0.796. The maximum Gasteiger partial charge on any atom is 0.222 e. The van der Waals surface area contributed by atoms with Crippen LogP contribution in [0.3, 0.4) is 0 Å². The number of rotatable bonds is 7. The van der Waals surface area contributed by atoms with Crippen molar-refractivity contribution in [2.45, 2.75) is 31.9 Å². The minimum atomic E-state index is -0.0219. The summed E-state index contributed by atoms with van der Waals surface area (Å²) < 4.78 is 11.2. The van der Waals surface area contributed by atoms with Crippen LogP contribution >= 0.6 is 0 Å². The molecule has 2 atom stereocenters. The van der Waals surface area contributed by atoms with Crippen molar-refractivity contribution in [2.24, 2.45) is 0 Å². The molecule has 1 aliphatic heterocycles. The molecule has 0 aromatic heterocycles. The van der Waals surface area contributed by atoms with Gasteiger partial charge in [-0.15, -0.1) is 0 Å². The maximum atomic E-state index is 12.0. The zero-order valence-corrected chi connectivity index (χ0v) is 12.5. The van der Waals surface area contributed by atoms with Crippen LogP contribution in [-0.4, -0.2) is 44.4 Å². The van der Waals surface area contributed by atoms with Crippen LogP contribution in [0, 0.1) is 0 Å². The number of morpholine rings is 1. The van der Waals surface area contributed by atoms with Gasteiger partial charge in [-0.1, -0.05) is 25.1 Å². The van der Waals surface area contributed by atoms with E-state index in [-0.39, 0.29) is 18.1 Å². The smallest absolute Gasteiger partial charge is 0.222 e. The fourth-order valence-electron chi connectivity index (χ4n) is 2.22. The highest BCUT2D eigenvalue weighted by atomic mass is 16.5. The lowest BCUT2D eigenvalue weighted by Gasteiger charge is -2.24. The minimum absolute atomic E-state index is 0.0206. The minimum Gasteiger partial charge on any atom is -0.491 e. The van der Waals surface area contributed by atoms with Crippen LogP contribution in [0.2, 0.25) is 0 Å². The molecule has 5 heteroatoms. The van der Waals surface area contributed by atoms with Crippen molar-refractivity contribution in [3.05, 3.63) is 30.3 Å². The summed E-state index contributed by atoms with van der Waals surface area (Å²) in [7, 11) is 0. The van der Waals surface area contributed by atoms with Crippen molar-refractivity contribution in [1.82, 2.24) is 10.6 Å². The summed E-state index contributed by atoms with van der Waals surface area (Å²) in [5.74, 6) is 0.845. The van der Waals surface area contributed by atoms with E-state index in [9.17, 15) is 4.79 Å². The van der Waals surface area contributed by atoms with Crippen LogP contribution in [0.25, 0.3) is 0 Å². The molecule has 5 nitrogen and oxygen atoms in total. The monoisotopic (exact) mass is 292 g/mol. The molecule has 0 saturated carbocycles. The Kier molecular flexibility index (Phi) is 6.50. The summed E-state index contributed by atoms with van der Waals surface area (Å²) in [5.41, 5.74) is 0. The molecule has 0 aliphatic carbocycles. The van der Waals surface area contributed by atoms with Gasteiger partial charge in [-0.2, -0.15) is 0 Å². The molecule has 1 aromatic rings. The van der Waals surface area contributed by atoms with E-state index in [1.54, 1.807) is 0 Å². The van der Waals surface area contributed by atoms with Gasteiger partial charge in [-0.3, -0.25) is 4.79 Å². The number of amides is 1. The molecule has 1 heterocycles. The lowest BCUT2D eigenvalue weighted by Crippen LogP contribution is -2.44. The first-order valence-electron chi connectivity index (χ1n) is 7.57. The maximum absolute atomic E-state index is 12.0. The molecule has 2 N–H and O–H groups in total. The number of ether oxygens (including phenoxy) is 2. The van der Waals surface area contributed by atoms with Gasteiger partial charge in [0.1, 0.15) is 12.4 Å². The van der Waals surface area contributed by atoms with Gasteiger partial charge in [-0.25, -0.2) is 0 Å². The van der Waals surface area contributed by atoms with Gasteiger partial charge < -0.3 is 20.1 Å². The molecular formula is C16H24N2O3. The second-order valence-electron chi connectivity index (χ2n) is 5.20. The largest absolute Gasteiger partial charge is 0.491 e. The van der Waals surface area contributed by atoms with Gasteiger partial charge >= 0.3 is 0 Å². The van der Waals surface area contributed by atoms with Crippen LogP contribution in [0.4, 0.5) is 0 Å². The fraction of sp³-hybridized carbons (Fsp3) is 0.562. The molecule has 116 valence electrons. The average Bonchev–Trinajstić information content (AvgIpc) is 2.53. The summed E-state index contributed by atoms with van der Waals surface area (Å²) in [5, 5.41) is 6.24. The van der Waals surface area contributed by atoms with Crippen molar-refractivity contribution in [2.75, 3.05) is 26.3 Å². The normalized spacial score (nSPS) is 19.8. The third-order valence-electron chi connectivity index (χ3n) is 3.47. The summed E-state index contributed by atoms with van der Waals surface area (Å²) in [6.45, 7) is 4.80. The first kappa shape index (κ1) is 15.8. The first-order chi connectivity index (χ1) is 10.3. The van der Waals surface area contributed by atoms with E-state index in [2.05, 4.69) is 10.6 Å². The second-order valence-corrected chi connectivity index (χ2v) is 5.20. The third-order valence-corrected chi connectivity index (χ3v) is 3.47. The Morgan fingerprint density at radius 3 is 2.95 bits per heavy atom. The molecule has 1 aliphatic rings. The summed E-state index contributed by atoms with van der Waals surface area (Å²) in [4.78, 5) is 12.0. The highest BCUT2D eigenvalue weighted by Gasteiger charge is 2.19. The number of benzene rings is 1. The van der Waals surface area contributed by atoms with Gasteiger partial charge in [-0.05, 0) is 18.6 Å². The third kappa shape index (κ3) is 5.73. The topological polar surface area (TPSA) is 59.6 Å². The van der Waals surface area contributed by atoms with Crippen molar-refractivity contribution >= 4 is 5.91 Å². The van der Waals surface area contributed by atoms with E-state index in [1.807, 2.05) is 37.3 Å². The van der Waals surface area contributed by atoms with Crippen LogP contribution < -0.4 is 15.4 Å². The lowest BCUT2D eigenvalue weighted by molar-refractivity contribution is -0.125. The summed E-state index contributed by atoms with van der Waals surface area (Å²) >= 11 is 0. The van der Waals surface area contributed by atoms with E-state index >= 15 is 0 Å². The average molecular weight is 292 g/mol. The number of nitrogens with one attached hydrogen (secondary N) is 2. The van der Waals surface area contributed by atoms with E-state index in [1.165, 1.54) is 0 Å². The number of para-hydroxylation sites is 1. The van der Waals surface area contributed by atoms with Crippen LogP contribution in [0.15, 0.2) is 30.3 Å². The molecule has 0 radical (unpaired) electrons. The van der Waals surface area contributed by atoms with E-state index in [0.717, 1.165) is 25.3 Å². The van der Waals surface area contributed by atoms with Gasteiger partial charge in [0.15, 0.2) is 0 Å². The predicted octanol–water partition coefficient (Wildman–Crippen LogP) is 1.34. The Bertz CT molecular complexity index is 419. The lowest BCUT2D eigenvalue weighted by atomic mass is 10.2. The Hall–Kier alpha value is -1.59. The molecule has 0 bridgehead atoms. The molecule has 0 spiro atoms. The van der Waals surface area contributed by atoms with Crippen LogP contribution in [0.5, 0.6) is 5.75 Å². The van der Waals surface area contributed by atoms with Gasteiger partial charge in [0.2, 0.25) is 5.91 Å². The van der Waals surface area contributed by atoms with Gasteiger partial charge in [0.25, 0.3) is 0 Å². The highest BCUT2D eigenvalue weighted by molar-refractivity contribution is 5.76. The van der Waals surface area contributed by atoms with Crippen LogP contribution in [-0.2, 0) is 9.53 Å². The fourth-order valence-corrected chi connectivity index (χ4v) is 2.22. The highest BCUT2D eigenvalue weighted by Crippen LogP contribution is 2.09. The first-order valence-corrected chi connectivity index (χ1v) is 7.57. The van der Waals surface area contributed by atoms with Gasteiger partial charge in [0, 0.05) is 13.1 Å². The SMILES string of the molecule is CCC(COc1ccccc1)NC(=O)CC1CNCCO1. The predicted molar refractivity (Wildman–Crippen MR) is 81.4 cm³/mol. The Morgan fingerprint density at radius 1 is 1.48 bits per heavy atom. The zero-order chi connectivity index (χ0) is 14.9. The van der Waals surface area contributed by atoms with E-state index in [0.29, 0.717) is 19.6 Å². The molecule has 1 aromatic carbocycles. The molecule has 1 saturated heterocycles. The zero-order valence-electron chi connectivity index (χ0n) is 12.5. The Labute approximate surface area is 126 Å². The summed E-state index contributed by atoms with van der Waals surface area (Å²) in [6, 6.07) is 9.66.